The SMILES string of the molecule is C#C[C@]1(C)[C@@H]2O[P@@](=O)(OCC(CC(=O)OC(C)C)NC)OC[C@H]2O[C@H]1N1C=CC(=O)NC1=C. The van der Waals surface area contributed by atoms with Crippen molar-refractivity contribution >= 4 is 19.7 Å². The number of hydrogen-bond donors (Lipinski definition) is 2. The standard InChI is InChI=1S/C21H30N3O8P/c1-7-21(5)19-16(31-20(21)24-9-8-17(25)23-14(24)4)12-29-33(27,32-19)28-11-15(22-6)10-18(26)30-13(2)3/h1,8-9,13,15-16,19-20,22H,4,10-12H2,2-3,5-6H3,(H,23,25)/t15?,16-,19-,20-,21-,33+/m1/s1. The molecule has 0 aromatic carbocycles. The van der Waals surface area contributed by atoms with E-state index in [9.17, 15) is 14.2 Å². The van der Waals surface area contributed by atoms with Crippen molar-refractivity contribution in [3.63, 3.8) is 0 Å². The summed E-state index contributed by atoms with van der Waals surface area (Å²) in [6.45, 7) is 8.88. The van der Waals surface area contributed by atoms with Crippen LogP contribution >= 0.6 is 7.82 Å². The van der Waals surface area contributed by atoms with Crippen LogP contribution in [0.25, 0.3) is 0 Å². The predicted molar refractivity (Wildman–Crippen MR) is 117 cm³/mol. The molecule has 0 aromatic rings. The van der Waals surface area contributed by atoms with Crippen molar-refractivity contribution in [2.24, 2.45) is 5.41 Å². The number of rotatable bonds is 8. The highest BCUT2D eigenvalue weighted by Gasteiger charge is 2.61. The molecule has 12 heteroatoms. The van der Waals surface area contributed by atoms with Crippen LogP contribution in [-0.2, 0) is 37.2 Å². The monoisotopic (exact) mass is 483 g/mol. The molecule has 3 aliphatic rings. The molecule has 0 radical (unpaired) electrons. The quantitative estimate of drug-likeness (QED) is 0.296. The fraction of sp³-hybridized carbons (Fsp3) is 0.619. The number of phosphoric acid groups is 1. The minimum Gasteiger partial charge on any atom is -0.463 e. The fourth-order valence-corrected chi connectivity index (χ4v) is 5.28. The second-order valence-electron chi connectivity index (χ2n) is 8.41. The first-order valence-corrected chi connectivity index (χ1v) is 12.0. The van der Waals surface area contributed by atoms with Crippen molar-refractivity contribution in [1.29, 1.82) is 0 Å². The van der Waals surface area contributed by atoms with Crippen LogP contribution in [0.5, 0.6) is 0 Å². The Hall–Kier alpha value is -2.19. The zero-order valence-electron chi connectivity index (χ0n) is 19.1. The van der Waals surface area contributed by atoms with Gasteiger partial charge in [-0.05, 0) is 27.8 Å². The maximum atomic E-state index is 13.2. The van der Waals surface area contributed by atoms with Gasteiger partial charge in [0.05, 0.1) is 25.7 Å². The molecule has 2 fully saturated rings. The van der Waals surface area contributed by atoms with E-state index in [2.05, 4.69) is 23.1 Å². The van der Waals surface area contributed by atoms with Crippen LogP contribution in [0.1, 0.15) is 27.2 Å². The van der Waals surface area contributed by atoms with Gasteiger partial charge < -0.3 is 25.0 Å². The first-order valence-electron chi connectivity index (χ1n) is 10.5. The number of carbonyl (C=O) groups excluding carboxylic acids is 2. The minimum absolute atomic E-state index is 0.0170. The van der Waals surface area contributed by atoms with Crippen molar-refractivity contribution in [3.05, 3.63) is 24.7 Å². The molecule has 0 spiro atoms. The lowest BCUT2D eigenvalue weighted by Gasteiger charge is -2.39. The van der Waals surface area contributed by atoms with E-state index >= 15 is 0 Å². The molecule has 0 aliphatic carbocycles. The van der Waals surface area contributed by atoms with Gasteiger partial charge in [0.1, 0.15) is 23.4 Å². The summed E-state index contributed by atoms with van der Waals surface area (Å²) in [6, 6.07) is -0.469. The van der Waals surface area contributed by atoms with Crippen molar-refractivity contribution in [1.82, 2.24) is 15.5 Å². The number of terminal acetylenes is 1. The van der Waals surface area contributed by atoms with Gasteiger partial charge in [0.2, 0.25) is 0 Å². The van der Waals surface area contributed by atoms with Crippen LogP contribution in [0.2, 0.25) is 0 Å². The van der Waals surface area contributed by atoms with Gasteiger partial charge >= 0.3 is 13.8 Å². The molecule has 2 saturated heterocycles. The maximum absolute atomic E-state index is 13.2. The second-order valence-corrected chi connectivity index (χ2v) is 10.0. The average Bonchev–Trinajstić information content (AvgIpc) is 3.03. The topological polar surface area (TPSA) is 125 Å². The van der Waals surface area contributed by atoms with Crippen LogP contribution in [-0.4, -0.2) is 67.6 Å². The van der Waals surface area contributed by atoms with E-state index in [1.165, 1.54) is 12.3 Å². The third-order valence-corrected chi connectivity index (χ3v) is 6.95. The van der Waals surface area contributed by atoms with Crippen molar-refractivity contribution in [2.45, 2.75) is 57.8 Å². The Labute approximate surface area is 193 Å². The molecular weight excluding hydrogens is 453 g/mol. The molecule has 0 bridgehead atoms. The number of nitrogens with zero attached hydrogens (tertiary/aromatic N) is 1. The molecule has 1 amide bonds. The van der Waals surface area contributed by atoms with Gasteiger partial charge in [0.15, 0.2) is 6.23 Å². The smallest absolute Gasteiger partial charge is 0.463 e. The molecule has 3 heterocycles. The lowest BCUT2D eigenvalue weighted by Crippen LogP contribution is -2.49. The number of carbonyl (C=O) groups is 2. The number of nitrogens with one attached hydrogen (secondary N) is 2. The summed E-state index contributed by atoms with van der Waals surface area (Å²) in [5.74, 6) is 2.25. The van der Waals surface area contributed by atoms with E-state index in [4.69, 9.17) is 29.5 Å². The number of likely N-dealkylation sites (N-methyl/N-ethyl adjacent to an activating group) is 1. The van der Waals surface area contributed by atoms with E-state index in [1.807, 2.05) is 0 Å². The van der Waals surface area contributed by atoms with E-state index in [0.717, 1.165) is 0 Å². The number of esters is 1. The van der Waals surface area contributed by atoms with E-state index < -0.39 is 43.7 Å². The van der Waals surface area contributed by atoms with Gasteiger partial charge in [-0.2, -0.15) is 0 Å². The molecule has 0 aromatic heterocycles. The molecule has 182 valence electrons. The molecule has 0 saturated carbocycles. The van der Waals surface area contributed by atoms with Crippen LogP contribution in [0.15, 0.2) is 24.7 Å². The van der Waals surface area contributed by atoms with Gasteiger partial charge in [-0.3, -0.25) is 23.2 Å². The summed E-state index contributed by atoms with van der Waals surface area (Å²) in [5.41, 5.74) is -1.08. The third kappa shape index (κ3) is 5.49. The third-order valence-electron chi connectivity index (χ3n) is 5.54. The number of ether oxygens (including phenoxy) is 2. The van der Waals surface area contributed by atoms with Crippen molar-refractivity contribution < 1.29 is 37.2 Å². The Kier molecular flexibility index (Phi) is 7.69. The molecular formula is C21H30N3O8P. The largest absolute Gasteiger partial charge is 0.475 e. The van der Waals surface area contributed by atoms with E-state index in [1.54, 1.807) is 32.7 Å². The Morgan fingerprint density at radius 2 is 2.27 bits per heavy atom. The number of hydrogen-bond acceptors (Lipinski definition) is 10. The molecule has 33 heavy (non-hydrogen) atoms. The van der Waals surface area contributed by atoms with Gasteiger partial charge in [-0.15, -0.1) is 6.42 Å². The number of fused-ring (bicyclic) bond motifs is 1. The van der Waals surface area contributed by atoms with Crippen LogP contribution < -0.4 is 10.6 Å². The van der Waals surface area contributed by atoms with Crippen LogP contribution in [0.4, 0.5) is 0 Å². The number of amides is 1. The second kappa shape index (κ2) is 9.97. The Morgan fingerprint density at radius 1 is 1.55 bits per heavy atom. The highest BCUT2D eigenvalue weighted by molar-refractivity contribution is 7.48. The lowest BCUT2D eigenvalue weighted by molar-refractivity contribution is -0.148. The van der Waals surface area contributed by atoms with Crippen molar-refractivity contribution in [3.8, 4) is 12.3 Å². The van der Waals surface area contributed by atoms with Gasteiger partial charge in [0, 0.05) is 18.3 Å². The van der Waals surface area contributed by atoms with Gasteiger partial charge in [0.25, 0.3) is 5.91 Å². The highest BCUT2D eigenvalue weighted by atomic mass is 31.2. The molecule has 3 aliphatic heterocycles. The molecule has 3 rings (SSSR count). The summed E-state index contributed by atoms with van der Waals surface area (Å²) < 4.78 is 41.1. The number of phosphoric ester groups is 1. The lowest BCUT2D eigenvalue weighted by atomic mass is 9.82. The van der Waals surface area contributed by atoms with Crippen LogP contribution in [0.3, 0.4) is 0 Å². The summed E-state index contributed by atoms with van der Waals surface area (Å²) in [7, 11) is -2.36. The van der Waals surface area contributed by atoms with Gasteiger partial charge in [-0.25, -0.2) is 4.57 Å². The Bertz CT molecular complexity index is 916. The maximum Gasteiger partial charge on any atom is 0.475 e. The normalized spacial score (nSPS) is 34.5. The first-order chi connectivity index (χ1) is 15.5. The fourth-order valence-electron chi connectivity index (χ4n) is 3.76. The molecule has 11 nitrogen and oxygen atoms in total. The van der Waals surface area contributed by atoms with Crippen molar-refractivity contribution in [2.75, 3.05) is 20.3 Å². The highest BCUT2D eigenvalue weighted by Crippen LogP contribution is 2.59. The Balaban J connectivity index is 1.69. The Morgan fingerprint density at radius 3 is 2.88 bits per heavy atom. The first kappa shape index (κ1) is 25.4. The zero-order valence-corrected chi connectivity index (χ0v) is 20.0. The average molecular weight is 483 g/mol. The summed E-state index contributed by atoms with van der Waals surface area (Å²) >= 11 is 0. The van der Waals surface area contributed by atoms with E-state index in [0.29, 0.717) is 0 Å². The molecule has 6 atom stereocenters. The predicted octanol–water partition coefficient (Wildman–Crippen LogP) is 1.24. The van der Waals surface area contributed by atoms with E-state index in [-0.39, 0.29) is 37.5 Å². The zero-order chi connectivity index (χ0) is 24.4. The summed E-state index contributed by atoms with van der Waals surface area (Å²) in [4.78, 5) is 25.1. The summed E-state index contributed by atoms with van der Waals surface area (Å²) in [5, 5.41) is 5.51. The minimum atomic E-state index is -4.00. The van der Waals surface area contributed by atoms with Gasteiger partial charge in [-0.1, -0.05) is 12.5 Å². The summed E-state index contributed by atoms with van der Waals surface area (Å²) in [6.07, 6.45) is 6.28. The van der Waals surface area contributed by atoms with Crippen LogP contribution in [0, 0.1) is 17.8 Å². The molecule has 2 N–H and O–H groups in total. The molecule has 1 unspecified atom stereocenters.